The Kier molecular flexibility index (Phi) is 6.30. The van der Waals surface area contributed by atoms with Gasteiger partial charge in [0, 0.05) is 17.8 Å². The summed E-state index contributed by atoms with van der Waals surface area (Å²) in [7, 11) is -3.71. The van der Waals surface area contributed by atoms with Crippen molar-refractivity contribution < 1.29 is 18.3 Å². The number of hydrogen-bond acceptors (Lipinski definition) is 4. The molecule has 0 spiro atoms. The average molecular weight is 362 g/mol. The minimum Gasteiger partial charge on any atom is -0.392 e. The minimum atomic E-state index is -3.71. The summed E-state index contributed by atoms with van der Waals surface area (Å²) in [4.78, 5) is 12.3. The Morgan fingerprint density at radius 2 is 1.84 bits per heavy atom. The molecule has 2 rings (SSSR count). The quantitative estimate of drug-likeness (QED) is 0.703. The Bertz CT molecular complexity index is 830. The Labute approximate surface area is 147 Å². The standard InChI is InChI=1S/C18H22N2O4S/c1-3-14-5-4-6-16(11-14)20-18(22)15-7-9-17(10-8-15)25(23,24)19-12-13(2)21/h4-11,13,19,21H,3,12H2,1-2H3,(H,20,22)/t13-/m0/s1. The molecule has 0 aliphatic carbocycles. The SMILES string of the molecule is CCc1cccc(NC(=O)c2ccc(S(=O)(=O)NC[C@H](C)O)cc2)c1. The third-order valence-corrected chi connectivity index (χ3v) is 5.03. The van der Waals surface area contributed by atoms with Crippen molar-refractivity contribution in [2.24, 2.45) is 0 Å². The zero-order chi connectivity index (χ0) is 18.4. The number of sulfonamides is 1. The summed E-state index contributed by atoms with van der Waals surface area (Å²) in [5.74, 6) is -0.311. The first-order valence-corrected chi connectivity index (χ1v) is 9.48. The second kappa shape index (κ2) is 8.24. The monoisotopic (exact) mass is 362 g/mol. The maximum absolute atomic E-state index is 12.3. The van der Waals surface area contributed by atoms with Gasteiger partial charge in [0.2, 0.25) is 10.0 Å². The maximum atomic E-state index is 12.3. The van der Waals surface area contributed by atoms with Gasteiger partial charge >= 0.3 is 0 Å². The number of aliphatic hydroxyl groups excluding tert-OH is 1. The fourth-order valence-corrected chi connectivity index (χ4v) is 3.29. The second-order valence-electron chi connectivity index (χ2n) is 5.73. The number of benzene rings is 2. The molecule has 6 nitrogen and oxygen atoms in total. The number of aryl methyl sites for hydroxylation is 1. The molecule has 0 unspecified atom stereocenters. The normalized spacial score (nSPS) is 12.6. The Morgan fingerprint density at radius 3 is 2.44 bits per heavy atom. The van der Waals surface area contributed by atoms with Gasteiger partial charge in [-0.2, -0.15) is 0 Å². The van der Waals surface area contributed by atoms with E-state index in [-0.39, 0.29) is 17.3 Å². The number of carbonyl (C=O) groups is 1. The molecule has 0 heterocycles. The van der Waals surface area contributed by atoms with E-state index in [9.17, 15) is 18.3 Å². The van der Waals surface area contributed by atoms with Crippen molar-refractivity contribution in [2.45, 2.75) is 31.3 Å². The van der Waals surface area contributed by atoms with Gasteiger partial charge in [0.25, 0.3) is 5.91 Å². The summed E-state index contributed by atoms with van der Waals surface area (Å²) in [6.07, 6.45) is 0.0918. The van der Waals surface area contributed by atoms with Crippen LogP contribution in [0.2, 0.25) is 0 Å². The summed E-state index contributed by atoms with van der Waals surface area (Å²) in [6.45, 7) is 3.45. The summed E-state index contributed by atoms with van der Waals surface area (Å²) in [5, 5.41) is 12.0. The number of nitrogens with one attached hydrogen (secondary N) is 2. The molecule has 1 atom stereocenters. The predicted octanol–water partition coefficient (Wildman–Crippen LogP) is 2.16. The number of hydrogen-bond donors (Lipinski definition) is 3. The fourth-order valence-electron chi connectivity index (χ4n) is 2.17. The zero-order valence-corrected chi connectivity index (χ0v) is 15.0. The first-order valence-electron chi connectivity index (χ1n) is 8.00. The van der Waals surface area contributed by atoms with E-state index in [1.807, 2.05) is 25.1 Å². The van der Waals surface area contributed by atoms with E-state index in [0.29, 0.717) is 11.3 Å². The number of amides is 1. The number of aliphatic hydroxyl groups is 1. The third-order valence-electron chi connectivity index (χ3n) is 3.59. The molecule has 0 radical (unpaired) electrons. The summed E-state index contributed by atoms with van der Waals surface area (Å²) < 4.78 is 26.4. The summed E-state index contributed by atoms with van der Waals surface area (Å²) in [6, 6.07) is 13.2. The highest BCUT2D eigenvalue weighted by Crippen LogP contribution is 2.15. The van der Waals surface area contributed by atoms with Crippen molar-refractivity contribution >= 4 is 21.6 Å². The molecule has 0 aliphatic rings. The molecule has 0 aliphatic heterocycles. The first kappa shape index (κ1) is 19.1. The number of carbonyl (C=O) groups excluding carboxylic acids is 1. The van der Waals surface area contributed by atoms with E-state index < -0.39 is 16.1 Å². The molecule has 2 aromatic rings. The number of rotatable bonds is 7. The van der Waals surface area contributed by atoms with Crippen LogP contribution in [0.15, 0.2) is 53.4 Å². The van der Waals surface area contributed by atoms with Crippen molar-refractivity contribution in [3.05, 3.63) is 59.7 Å². The van der Waals surface area contributed by atoms with Crippen LogP contribution in [0.4, 0.5) is 5.69 Å². The molecule has 1 amide bonds. The molecule has 0 saturated heterocycles. The average Bonchev–Trinajstić information content (AvgIpc) is 2.60. The van der Waals surface area contributed by atoms with E-state index in [4.69, 9.17) is 0 Å². The highest BCUT2D eigenvalue weighted by Gasteiger charge is 2.15. The van der Waals surface area contributed by atoms with Gasteiger partial charge in [-0.15, -0.1) is 0 Å². The Hall–Kier alpha value is -2.22. The van der Waals surface area contributed by atoms with Gasteiger partial charge in [-0.05, 0) is 55.3 Å². The van der Waals surface area contributed by atoms with Gasteiger partial charge in [-0.3, -0.25) is 4.79 Å². The lowest BCUT2D eigenvalue weighted by molar-refractivity contribution is 0.102. The smallest absolute Gasteiger partial charge is 0.255 e. The fraction of sp³-hybridized carbons (Fsp3) is 0.278. The highest BCUT2D eigenvalue weighted by atomic mass is 32.2. The molecule has 7 heteroatoms. The molecule has 0 bridgehead atoms. The van der Waals surface area contributed by atoms with Crippen molar-refractivity contribution in [1.29, 1.82) is 0 Å². The van der Waals surface area contributed by atoms with Crippen LogP contribution in [0.5, 0.6) is 0 Å². The molecule has 0 saturated carbocycles. The molecular formula is C18H22N2O4S. The van der Waals surface area contributed by atoms with Crippen LogP contribution in [0, 0.1) is 0 Å². The van der Waals surface area contributed by atoms with E-state index in [0.717, 1.165) is 12.0 Å². The Morgan fingerprint density at radius 1 is 1.16 bits per heavy atom. The molecule has 25 heavy (non-hydrogen) atoms. The first-order chi connectivity index (χ1) is 11.8. The minimum absolute atomic E-state index is 0.0395. The lowest BCUT2D eigenvalue weighted by Crippen LogP contribution is -2.30. The van der Waals surface area contributed by atoms with Crippen molar-refractivity contribution in [1.82, 2.24) is 4.72 Å². The predicted molar refractivity (Wildman–Crippen MR) is 97.1 cm³/mol. The Balaban J connectivity index is 2.09. The lowest BCUT2D eigenvalue weighted by atomic mass is 10.1. The van der Waals surface area contributed by atoms with E-state index in [1.54, 1.807) is 6.07 Å². The lowest BCUT2D eigenvalue weighted by Gasteiger charge is -2.10. The molecule has 0 fully saturated rings. The second-order valence-corrected chi connectivity index (χ2v) is 7.50. The van der Waals surface area contributed by atoms with Crippen LogP contribution in [-0.2, 0) is 16.4 Å². The van der Waals surface area contributed by atoms with Crippen LogP contribution in [0.3, 0.4) is 0 Å². The largest absolute Gasteiger partial charge is 0.392 e. The van der Waals surface area contributed by atoms with E-state index >= 15 is 0 Å². The maximum Gasteiger partial charge on any atom is 0.255 e. The molecule has 2 aromatic carbocycles. The van der Waals surface area contributed by atoms with Crippen LogP contribution in [0.1, 0.15) is 29.8 Å². The van der Waals surface area contributed by atoms with Crippen molar-refractivity contribution in [3.8, 4) is 0 Å². The summed E-state index contributed by atoms with van der Waals surface area (Å²) >= 11 is 0. The zero-order valence-electron chi connectivity index (χ0n) is 14.2. The van der Waals surface area contributed by atoms with E-state index in [2.05, 4.69) is 10.0 Å². The van der Waals surface area contributed by atoms with Gasteiger partial charge < -0.3 is 10.4 Å². The van der Waals surface area contributed by atoms with Gasteiger partial charge in [0.1, 0.15) is 0 Å². The van der Waals surface area contributed by atoms with Gasteiger partial charge in [-0.1, -0.05) is 19.1 Å². The number of anilines is 1. The topological polar surface area (TPSA) is 95.5 Å². The van der Waals surface area contributed by atoms with Crippen LogP contribution >= 0.6 is 0 Å². The van der Waals surface area contributed by atoms with Crippen molar-refractivity contribution in [3.63, 3.8) is 0 Å². The van der Waals surface area contributed by atoms with Gasteiger partial charge in [-0.25, -0.2) is 13.1 Å². The van der Waals surface area contributed by atoms with Gasteiger partial charge in [0.15, 0.2) is 0 Å². The summed E-state index contributed by atoms with van der Waals surface area (Å²) in [5.41, 5.74) is 2.17. The van der Waals surface area contributed by atoms with E-state index in [1.165, 1.54) is 31.2 Å². The highest BCUT2D eigenvalue weighted by molar-refractivity contribution is 7.89. The van der Waals surface area contributed by atoms with Crippen molar-refractivity contribution in [2.75, 3.05) is 11.9 Å². The van der Waals surface area contributed by atoms with Crippen LogP contribution in [0.25, 0.3) is 0 Å². The molecular weight excluding hydrogens is 340 g/mol. The molecule has 3 N–H and O–H groups in total. The third kappa shape index (κ3) is 5.38. The van der Waals surface area contributed by atoms with Gasteiger partial charge in [0.05, 0.1) is 11.0 Å². The van der Waals surface area contributed by atoms with Crippen LogP contribution < -0.4 is 10.0 Å². The molecule has 134 valence electrons. The molecule has 0 aromatic heterocycles. The van der Waals surface area contributed by atoms with Crippen LogP contribution in [-0.4, -0.2) is 32.1 Å².